The molecule has 0 rings (SSSR count). The molecule has 0 heterocycles. The van der Waals surface area contributed by atoms with Gasteiger partial charge in [0.15, 0.2) is 11.6 Å². The van der Waals surface area contributed by atoms with E-state index in [4.69, 9.17) is 4.74 Å². The van der Waals surface area contributed by atoms with E-state index in [1.807, 2.05) is 0 Å². The zero-order valence-electron chi connectivity index (χ0n) is 42.2. The number of aliphatic hydroxyl groups excluding tert-OH is 2. The third kappa shape index (κ3) is 37.0. The van der Waals surface area contributed by atoms with E-state index >= 15 is 0 Å². The lowest BCUT2D eigenvalue weighted by atomic mass is 9.82. The standard InChI is InChI=1S/C57H106O6/c1-4-7-10-13-16-19-22-25-28-31-34-37-40-43-46-49-53(59)57(55(61)52-58,54(60)50-47-44-41-38-35-32-29-26-23-20-17-14-11-8-5-2)63-56(62)51-48-45-42-39-36-33-30-27-24-21-18-15-12-9-6-3/h25-26,28-29,55,58,61H,4-24,27,30-52H2,1-3H3. The van der Waals surface area contributed by atoms with Crippen LogP contribution in [0.1, 0.15) is 303 Å². The molecule has 0 spiro atoms. The van der Waals surface area contributed by atoms with Gasteiger partial charge in [0.05, 0.1) is 6.61 Å². The third-order valence-electron chi connectivity index (χ3n) is 13.1. The van der Waals surface area contributed by atoms with E-state index in [1.165, 1.54) is 148 Å². The Labute approximate surface area is 391 Å². The highest BCUT2D eigenvalue weighted by atomic mass is 16.6. The lowest BCUT2D eigenvalue weighted by Gasteiger charge is -2.34. The van der Waals surface area contributed by atoms with Crippen LogP contribution in [0.3, 0.4) is 0 Å². The molecule has 6 heteroatoms. The first-order chi connectivity index (χ1) is 30.9. The Balaban J connectivity index is 4.91. The summed E-state index contributed by atoms with van der Waals surface area (Å²) in [6, 6.07) is 0. The van der Waals surface area contributed by atoms with Crippen molar-refractivity contribution in [2.75, 3.05) is 6.61 Å². The Kier molecular flexibility index (Phi) is 46.8. The van der Waals surface area contributed by atoms with Gasteiger partial charge in [-0.25, -0.2) is 0 Å². The second-order valence-electron chi connectivity index (χ2n) is 19.1. The summed E-state index contributed by atoms with van der Waals surface area (Å²) in [4.78, 5) is 41.2. The summed E-state index contributed by atoms with van der Waals surface area (Å²) in [7, 11) is 0. The molecule has 0 fully saturated rings. The van der Waals surface area contributed by atoms with E-state index in [2.05, 4.69) is 45.1 Å². The van der Waals surface area contributed by atoms with Crippen LogP contribution >= 0.6 is 0 Å². The molecule has 0 bridgehead atoms. The topological polar surface area (TPSA) is 101 Å². The van der Waals surface area contributed by atoms with Gasteiger partial charge >= 0.3 is 5.97 Å². The van der Waals surface area contributed by atoms with Crippen LogP contribution in [0.15, 0.2) is 24.3 Å². The monoisotopic (exact) mass is 887 g/mol. The quantitative estimate of drug-likeness (QED) is 0.0273. The zero-order valence-corrected chi connectivity index (χ0v) is 42.2. The number of hydrogen-bond acceptors (Lipinski definition) is 6. The van der Waals surface area contributed by atoms with Crippen molar-refractivity contribution in [1.29, 1.82) is 0 Å². The molecule has 0 amide bonds. The van der Waals surface area contributed by atoms with Gasteiger partial charge in [-0.15, -0.1) is 0 Å². The van der Waals surface area contributed by atoms with Gasteiger partial charge in [-0.2, -0.15) is 0 Å². The predicted octanol–water partition coefficient (Wildman–Crippen LogP) is 17.1. The number of ketones is 2. The molecule has 0 aromatic carbocycles. The smallest absolute Gasteiger partial charge is 0.307 e. The number of Topliss-reactive ketones (excluding diaryl/α,β-unsaturated/α-hetero) is 2. The molecule has 1 atom stereocenters. The normalized spacial score (nSPS) is 13.3. The van der Waals surface area contributed by atoms with Crippen molar-refractivity contribution < 1.29 is 29.3 Å². The molecular formula is C57H106O6. The first kappa shape index (κ1) is 61.2. The molecule has 0 aromatic heterocycles. The fourth-order valence-electron chi connectivity index (χ4n) is 8.79. The molecule has 370 valence electrons. The Morgan fingerprint density at radius 1 is 0.381 bits per heavy atom. The minimum absolute atomic E-state index is 0.0412. The maximum atomic E-state index is 14.0. The average molecular weight is 887 g/mol. The fraction of sp³-hybridized carbons (Fsp3) is 0.877. The molecule has 0 saturated heterocycles. The van der Waals surface area contributed by atoms with E-state index in [9.17, 15) is 24.6 Å². The number of esters is 1. The highest BCUT2D eigenvalue weighted by molar-refractivity contribution is 6.12. The van der Waals surface area contributed by atoms with Crippen LogP contribution < -0.4 is 0 Å². The number of ether oxygens (including phenoxy) is 1. The Morgan fingerprint density at radius 2 is 0.619 bits per heavy atom. The molecule has 0 aliphatic carbocycles. The maximum Gasteiger partial charge on any atom is 0.307 e. The number of unbranched alkanes of at least 4 members (excludes halogenated alkanes) is 36. The van der Waals surface area contributed by atoms with Gasteiger partial charge in [-0.05, 0) is 70.6 Å². The highest BCUT2D eigenvalue weighted by Gasteiger charge is 2.53. The van der Waals surface area contributed by atoms with E-state index in [1.54, 1.807) is 0 Å². The predicted molar refractivity (Wildman–Crippen MR) is 270 cm³/mol. The van der Waals surface area contributed by atoms with Crippen molar-refractivity contribution in [1.82, 2.24) is 0 Å². The van der Waals surface area contributed by atoms with Gasteiger partial charge < -0.3 is 14.9 Å². The largest absolute Gasteiger partial charge is 0.440 e. The van der Waals surface area contributed by atoms with Gasteiger partial charge in [0.1, 0.15) is 6.10 Å². The summed E-state index contributed by atoms with van der Waals surface area (Å²) < 4.78 is 5.82. The SMILES string of the molecule is CCCCCCCCC=CCCCCCCCC(=O)C(OC(=O)CCCCCCCCCCCCCCCCC)(C(=O)CCCCCCCC=CCCCCCCCC)C(O)CO. The van der Waals surface area contributed by atoms with Crippen LogP contribution in [0.5, 0.6) is 0 Å². The summed E-state index contributed by atoms with van der Waals surface area (Å²) in [5, 5.41) is 21.3. The van der Waals surface area contributed by atoms with Crippen LogP contribution in [0, 0.1) is 0 Å². The molecule has 0 aliphatic heterocycles. The molecule has 0 aliphatic rings. The van der Waals surface area contributed by atoms with Crippen LogP contribution in [-0.4, -0.2) is 46.1 Å². The van der Waals surface area contributed by atoms with Crippen molar-refractivity contribution in [2.24, 2.45) is 0 Å². The molecule has 0 radical (unpaired) electrons. The zero-order chi connectivity index (χ0) is 46.2. The van der Waals surface area contributed by atoms with E-state index in [0.29, 0.717) is 19.3 Å². The van der Waals surface area contributed by atoms with E-state index in [-0.39, 0.29) is 19.3 Å². The summed E-state index contributed by atoms with van der Waals surface area (Å²) >= 11 is 0. The van der Waals surface area contributed by atoms with Crippen LogP contribution in [0.4, 0.5) is 0 Å². The van der Waals surface area contributed by atoms with Crippen LogP contribution in [0.2, 0.25) is 0 Å². The summed E-state index contributed by atoms with van der Waals surface area (Å²) in [6.07, 6.45) is 55.4. The number of carbonyl (C=O) groups excluding carboxylic acids is 3. The molecule has 63 heavy (non-hydrogen) atoms. The van der Waals surface area contributed by atoms with E-state index in [0.717, 1.165) is 96.3 Å². The second-order valence-corrected chi connectivity index (χ2v) is 19.1. The summed E-state index contributed by atoms with van der Waals surface area (Å²) in [5.41, 5.74) is -2.33. The molecule has 0 saturated carbocycles. The number of rotatable bonds is 51. The van der Waals surface area contributed by atoms with Gasteiger partial charge in [0.2, 0.25) is 0 Å². The molecular weight excluding hydrogens is 781 g/mol. The average Bonchev–Trinajstić information content (AvgIpc) is 3.28. The van der Waals surface area contributed by atoms with Gasteiger partial charge in [0, 0.05) is 19.3 Å². The van der Waals surface area contributed by atoms with Crippen molar-refractivity contribution in [3.05, 3.63) is 24.3 Å². The Hall–Kier alpha value is -1.79. The van der Waals surface area contributed by atoms with Crippen molar-refractivity contribution in [3.8, 4) is 0 Å². The summed E-state index contributed by atoms with van der Waals surface area (Å²) in [6.45, 7) is 5.95. The fourth-order valence-corrected chi connectivity index (χ4v) is 8.79. The first-order valence-corrected chi connectivity index (χ1v) is 27.8. The molecule has 6 nitrogen and oxygen atoms in total. The molecule has 1 unspecified atom stereocenters. The molecule has 0 aromatic rings. The lowest BCUT2D eigenvalue weighted by molar-refractivity contribution is -0.188. The summed E-state index contributed by atoms with van der Waals surface area (Å²) in [5.74, 6) is -1.76. The van der Waals surface area contributed by atoms with Gasteiger partial charge in [0.25, 0.3) is 5.60 Å². The van der Waals surface area contributed by atoms with E-state index < -0.39 is 35.8 Å². The second kappa shape index (κ2) is 48.2. The minimum Gasteiger partial charge on any atom is -0.440 e. The van der Waals surface area contributed by atoms with Crippen molar-refractivity contribution in [2.45, 2.75) is 315 Å². The minimum atomic E-state index is -2.33. The number of hydrogen-bond donors (Lipinski definition) is 2. The van der Waals surface area contributed by atoms with Crippen molar-refractivity contribution in [3.63, 3.8) is 0 Å². The maximum absolute atomic E-state index is 14.0. The number of aliphatic hydroxyl groups is 2. The number of allylic oxidation sites excluding steroid dienone is 4. The Morgan fingerprint density at radius 3 is 0.889 bits per heavy atom. The highest BCUT2D eigenvalue weighted by Crippen LogP contribution is 2.28. The van der Waals surface area contributed by atoms with Crippen LogP contribution in [0.25, 0.3) is 0 Å². The van der Waals surface area contributed by atoms with Gasteiger partial charge in [-0.3, -0.25) is 14.4 Å². The van der Waals surface area contributed by atoms with Crippen molar-refractivity contribution >= 4 is 17.5 Å². The number of carbonyl (C=O) groups is 3. The first-order valence-electron chi connectivity index (χ1n) is 27.8. The molecule has 2 N–H and O–H groups in total. The van der Waals surface area contributed by atoms with Gasteiger partial charge in [-0.1, -0.05) is 238 Å². The third-order valence-corrected chi connectivity index (χ3v) is 13.1. The Bertz CT molecular complexity index is 1010. The van der Waals surface area contributed by atoms with Crippen LogP contribution in [-0.2, 0) is 19.1 Å². The lowest BCUT2D eigenvalue weighted by Crippen LogP contribution is -2.60.